The molecule has 0 aliphatic rings. The van der Waals surface area contributed by atoms with Crippen molar-refractivity contribution in [3.05, 3.63) is 47.5 Å². The van der Waals surface area contributed by atoms with Crippen LogP contribution in [0.2, 0.25) is 0 Å². The number of aryl methyl sites for hydroxylation is 2. The first-order valence-electron chi connectivity index (χ1n) is 6.44. The van der Waals surface area contributed by atoms with Gasteiger partial charge < -0.3 is 10.1 Å². The minimum Gasteiger partial charge on any atom is -0.495 e. The molecule has 3 rings (SSSR count). The molecule has 20 heavy (non-hydrogen) atoms. The van der Waals surface area contributed by atoms with Gasteiger partial charge in [0.25, 0.3) is 0 Å². The van der Waals surface area contributed by atoms with E-state index in [4.69, 9.17) is 4.74 Å². The summed E-state index contributed by atoms with van der Waals surface area (Å²) in [6.07, 6.45) is 0. The fourth-order valence-electron chi connectivity index (χ4n) is 2.12. The lowest BCUT2D eigenvalue weighted by Crippen LogP contribution is -1.94. The average Bonchev–Trinajstić information content (AvgIpc) is 2.80. The van der Waals surface area contributed by atoms with Crippen molar-refractivity contribution in [3.63, 3.8) is 0 Å². The quantitative estimate of drug-likeness (QED) is 0.759. The summed E-state index contributed by atoms with van der Waals surface area (Å²) in [7, 11) is 1.68. The Morgan fingerprint density at radius 1 is 1.05 bits per heavy atom. The van der Waals surface area contributed by atoms with Gasteiger partial charge in [0.15, 0.2) is 5.13 Å². The highest BCUT2D eigenvalue weighted by molar-refractivity contribution is 7.22. The van der Waals surface area contributed by atoms with Crippen LogP contribution in [0.3, 0.4) is 0 Å². The van der Waals surface area contributed by atoms with E-state index in [-0.39, 0.29) is 0 Å². The van der Waals surface area contributed by atoms with E-state index >= 15 is 0 Å². The highest BCUT2D eigenvalue weighted by Gasteiger charge is 2.08. The van der Waals surface area contributed by atoms with E-state index in [1.54, 1.807) is 18.4 Å². The lowest BCUT2D eigenvalue weighted by atomic mass is 10.2. The second-order valence-electron chi connectivity index (χ2n) is 4.82. The van der Waals surface area contributed by atoms with Gasteiger partial charge in [-0.3, -0.25) is 0 Å². The van der Waals surface area contributed by atoms with Crippen LogP contribution in [0.15, 0.2) is 36.4 Å². The molecule has 0 aliphatic carbocycles. The highest BCUT2D eigenvalue weighted by atomic mass is 32.1. The molecule has 0 fully saturated rings. The molecule has 102 valence electrons. The molecule has 2 aromatic carbocycles. The Labute approximate surface area is 122 Å². The van der Waals surface area contributed by atoms with Crippen LogP contribution >= 0.6 is 11.3 Å². The maximum Gasteiger partial charge on any atom is 0.188 e. The first-order valence-corrected chi connectivity index (χ1v) is 7.26. The molecule has 0 atom stereocenters. The number of rotatable bonds is 3. The van der Waals surface area contributed by atoms with E-state index in [0.29, 0.717) is 0 Å². The molecule has 4 heteroatoms. The predicted octanol–water partition coefficient (Wildman–Crippen LogP) is 4.67. The van der Waals surface area contributed by atoms with Gasteiger partial charge in [0.2, 0.25) is 0 Å². The van der Waals surface area contributed by atoms with E-state index in [1.165, 1.54) is 15.8 Å². The molecular formula is C16H16N2OS. The smallest absolute Gasteiger partial charge is 0.188 e. The van der Waals surface area contributed by atoms with Crippen LogP contribution in [0.4, 0.5) is 10.8 Å². The number of aromatic nitrogens is 1. The van der Waals surface area contributed by atoms with Crippen LogP contribution in [0.5, 0.6) is 5.75 Å². The minimum atomic E-state index is 0.825. The van der Waals surface area contributed by atoms with E-state index in [9.17, 15) is 0 Å². The summed E-state index contributed by atoms with van der Waals surface area (Å²) < 4.78 is 6.57. The monoisotopic (exact) mass is 284 g/mol. The second-order valence-corrected chi connectivity index (χ2v) is 5.85. The fourth-order valence-corrected chi connectivity index (χ4v) is 3.10. The van der Waals surface area contributed by atoms with E-state index in [2.05, 4.69) is 48.4 Å². The number of ether oxygens (including phenoxy) is 1. The van der Waals surface area contributed by atoms with Crippen LogP contribution in [0, 0.1) is 13.8 Å². The van der Waals surface area contributed by atoms with Gasteiger partial charge in [0.1, 0.15) is 5.75 Å². The van der Waals surface area contributed by atoms with Crippen LogP contribution < -0.4 is 10.1 Å². The molecule has 0 unspecified atom stereocenters. The van der Waals surface area contributed by atoms with Gasteiger partial charge in [-0.05, 0) is 49.2 Å². The van der Waals surface area contributed by atoms with Gasteiger partial charge in [-0.15, -0.1) is 0 Å². The van der Waals surface area contributed by atoms with Gasteiger partial charge in [0.05, 0.1) is 23.0 Å². The Kier molecular flexibility index (Phi) is 3.32. The fraction of sp³-hybridized carbons (Fsp3) is 0.188. The third-order valence-electron chi connectivity index (χ3n) is 3.14. The number of nitrogens with zero attached hydrogens (tertiary/aromatic N) is 1. The van der Waals surface area contributed by atoms with Gasteiger partial charge in [-0.1, -0.05) is 23.5 Å². The Balaban J connectivity index is 1.98. The molecule has 1 N–H and O–H groups in total. The van der Waals surface area contributed by atoms with Crippen molar-refractivity contribution in [2.75, 3.05) is 12.4 Å². The number of fused-ring (bicyclic) bond motifs is 1. The number of hydrogen-bond acceptors (Lipinski definition) is 4. The molecule has 0 saturated heterocycles. The molecule has 3 aromatic rings. The molecule has 0 saturated carbocycles. The number of hydrogen-bond donors (Lipinski definition) is 1. The number of methoxy groups -OCH3 is 1. The minimum absolute atomic E-state index is 0.825. The lowest BCUT2D eigenvalue weighted by molar-refractivity contribution is 0.416. The van der Waals surface area contributed by atoms with Crippen LogP contribution in [-0.2, 0) is 0 Å². The molecule has 0 radical (unpaired) electrons. The Hall–Kier alpha value is -2.07. The molecule has 0 bridgehead atoms. The molecule has 3 nitrogen and oxygen atoms in total. The number of benzene rings is 2. The third kappa shape index (κ3) is 2.47. The van der Waals surface area contributed by atoms with Crippen LogP contribution in [0.25, 0.3) is 10.2 Å². The Bertz CT molecular complexity index is 764. The second kappa shape index (κ2) is 5.13. The number of thiazole rings is 1. The average molecular weight is 284 g/mol. The predicted molar refractivity (Wildman–Crippen MR) is 85.4 cm³/mol. The third-order valence-corrected chi connectivity index (χ3v) is 4.07. The lowest BCUT2D eigenvalue weighted by Gasteiger charge is -2.09. The van der Waals surface area contributed by atoms with Gasteiger partial charge in [-0.25, -0.2) is 4.98 Å². The molecule has 0 spiro atoms. The molecular weight excluding hydrogens is 268 g/mol. The Morgan fingerprint density at radius 2 is 1.80 bits per heavy atom. The van der Waals surface area contributed by atoms with E-state index in [0.717, 1.165) is 22.1 Å². The van der Waals surface area contributed by atoms with Crippen molar-refractivity contribution < 1.29 is 4.74 Å². The largest absolute Gasteiger partial charge is 0.495 e. The number of nitrogens with one attached hydrogen (secondary N) is 1. The van der Waals surface area contributed by atoms with Crippen molar-refractivity contribution in [2.24, 2.45) is 0 Å². The van der Waals surface area contributed by atoms with Crippen molar-refractivity contribution in [1.82, 2.24) is 4.98 Å². The summed E-state index contributed by atoms with van der Waals surface area (Å²) in [6.45, 7) is 4.15. The normalized spacial score (nSPS) is 10.8. The molecule has 1 heterocycles. The van der Waals surface area contributed by atoms with Crippen molar-refractivity contribution in [3.8, 4) is 5.75 Å². The Morgan fingerprint density at radius 3 is 2.60 bits per heavy atom. The standard InChI is InChI=1S/C16H16N2OS/c1-10-5-7-14(19-3)13(8-10)18-16-17-12-6-4-11(2)9-15(12)20-16/h4-9H,1-3H3,(H,17,18). The summed E-state index contributed by atoms with van der Waals surface area (Å²) >= 11 is 1.65. The summed E-state index contributed by atoms with van der Waals surface area (Å²) in [4.78, 5) is 4.61. The first kappa shape index (κ1) is 12.9. The van der Waals surface area contributed by atoms with Crippen LogP contribution in [0.1, 0.15) is 11.1 Å². The van der Waals surface area contributed by atoms with E-state index in [1.807, 2.05) is 12.1 Å². The molecule has 0 aliphatic heterocycles. The first-order chi connectivity index (χ1) is 9.65. The van der Waals surface area contributed by atoms with Crippen molar-refractivity contribution in [2.45, 2.75) is 13.8 Å². The van der Waals surface area contributed by atoms with Crippen molar-refractivity contribution >= 4 is 32.4 Å². The molecule has 0 amide bonds. The maximum atomic E-state index is 5.38. The summed E-state index contributed by atoms with van der Waals surface area (Å²) in [5.74, 6) is 0.825. The molecule has 1 aromatic heterocycles. The summed E-state index contributed by atoms with van der Waals surface area (Å²) in [5.41, 5.74) is 4.41. The van der Waals surface area contributed by atoms with Crippen LogP contribution in [-0.4, -0.2) is 12.1 Å². The van der Waals surface area contributed by atoms with Gasteiger partial charge >= 0.3 is 0 Å². The van der Waals surface area contributed by atoms with E-state index < -0.39 is 0 Å². The highest BCUT2D eigenvalue weighted by Crippen LogP contribution is 2.33. The zero-order valence-corrected chi connectivity index (χ0v) is 12.5. The summed E-state index contributed by atoms with van der Waals surface area (Å²) in [6, 6.07) is 12.4. The topological polar surface area (TPSA) is 34.1 Å². The zero-order chi connectivity index (χ0) is 14.1. The number of anilines is 2. The maximum absolute atomic E-state index is 5.38. The summed E-state index contributed by atoms with van der Waals surface area (Å²) in [5, 5.41) is 4.24. The zero-order valence-electron chi connectivity index (χ0n) is 11.7. The van der Waals surface area contributed by atoms with Gasteiger partial charge in [-0.2, -0.15) is 0 Å². The van der Waals surface area contributed by atoms with Gasteiger partial charge in [0, 0.05) is 0 Å². The van der Waals surface area contributed by atoms with Crippen molar-refractivity contribution in [1.29, 1.82) is 0 Å². The SMILES string of the molecule is COc1ccc(C)cc1Nc1nc2ccc(C)cc2s1.